The highest BCUT2D eigenvalue weighted by atomic mass is 32.2. The number of hydrogen-bond donors (Lipinski definition) is 1. The summed E-state index contributed by atoms with van der Waals surface area (Å²) < 4.78 is 28.2. The van der Waals surface area contributed by atoms with E-state index in [0.717, 1.165) is 15.7 Å². The van der Waals surface area contributed by atoms with Crippen LogP contribution in [0.25, 0.3) is 0 Å². The third-order valence-electron chi connectivity index (χ3n) is 4.57. The molecule has 30 heavy (non-hydrogen) atoms. The van der Waals surface area contributed by atoms with Gasteiger partial charge >= 0.3 is 0 Å². The van der Waals surface area contributed by atoms with E-state index in [2.05, 4.69) is 10.3 Å². The number of rotatable bonds is 7. The molecule has 1 N–H and O–H groups in total. The molecule has 0 atom stereocenters. The topological polar surface area (TPSA) is 108 Å². The van der Waals surface area contributed by atoms with Crippen molar-refractivity contribution in [2.75, 3.05) is 18.9 Å². The van der Waals surface area contributed by atoms with E-state index in [9.17, 15) is 13.2 Å². The van der Waals surface area contributed by atoms with E-state index in [1.807, 2.05) is 35.9 Å². The highest BCUT2D eigenvalue weighted by Crippen LogP contribution is 2.16. The third-order valence-corrected chi connectivity index (χ3v) is 6.39. The summed E-state index contributed by atoms with van der Waals surface area (Å²) in [6.07, 6.45) is 3.64. The van der Waals surface area contributed by atoms with Crippen LogP contribution in [0.3, 0.4) is 0 Å². The fraction of sp³-hybridized carbons (Fsp3) is 0.190. The Kier molecular flexibility index (Phi) is 6.30. The first-order valence-electron chi connectivity index (χ1n) is 9.12. The summed E-state index contributed by atoms with van der Waals surface area (Å²) in [6, 6.07) is 14.8. The normalized spacial score (nSPS) is 11.3. The smallest absolute Gasteiger partial charge is 0.243 e. The molecule has 154 valence electrons. The van der Waals surface area contributed by atoms with E-state index in [0.29, 0.717) is 17.8 Å². The fourth-order valence-electron chi connectivity index (χ4n) is 2.83. The Morgan fingerprint density at radius 2 is 1.83 bits per heavy atom. The van der Waals surface area contributed by atoms with Gasteiger partial charge in [-0.2, -0.15) is 9.57 Å². The average molecular weight is 423 g/mol. The van der Waals surface area contributed by atoms with Crippen molar-refractivity contribution < 1.29 is 13.2 Å². The number of hydrogen-bond acceptors (Lipinski definition) is 5. The van der Waals surface area contributed by atoms with E-state index >= 15 is 0 Å². The Labute approximate surface area is 175 Å². The van der Waals surface area contributed by atoms with Crippen LogP contribution >= 0.6 is 0 Å². The van der Waals surface area contributed by atoms with Crippen LogP contribution in [0.4, 0.5) is 5.69 Å². The maximum absolute atomic E-state index is 12.6. The van der Waals surface area contributed by atoms with E-state index in [-0.39, 0.29) is 11.4 Å². The van der Waals surface area contributed by atoms with Crippen LogP contribution in [0.2, 0.25) is 0 Å². The van der Waals surface area contributed by atoms with Crippen molar-refractivity contribution in [3.05, 3.63) is 77.9 Å². The molecule has 3 aromatic rings. The SMILES string of the molecule is Cc1nccn1Cc1ccc(NC(=O)CN(C)S(=O)(=O)c2ccc(C#N)cc2)cc1. The van der Waals surface area contributed by atoms with Crippen molar-refractivity contribution in [1.29, 1.82) is 5.26 Å². The second-order valence-corrected chi connectivity index (χ2v) is 8.79. The summed E-state index contributed by atoms with van der Waals surface area (Å²) in [5.74, 6) is 0.465. The number of amides is 1. The molecule has 2 aromatic carbocycles. The van der Waals surface area contributed by atoms with Gasteiger partial charge in [0.15, 0.2) is 0 Å². The van der Waals surface area contributed by atoms with Gasteiger partial charge in [0.05, 0.1) is 23.1 Å². The first kappa shape index (κ1) is 21.2. The van der Waals surface area contributed by atoms with E-state index in [1.165, 1.54) is 31.3 Å². The number of imidazole rings is 1. The summed E-state index contributed by atoms with van der Waals surface area (Å²) in [4.78, 5) is 16.5. The molecule has 0 unspecified atom stereocenters. The lowest BCUT2D eigenvalue weighted by Crippen LogP contribution is -2.34. The molecule has 9 heteroatoms. The molecule has 0 fully saturated rings. The highest BCUT2D eigenvalue weighted by Gasteiger charge is 2.23. The molecule has 0 saturated heterocycles. The summed E-state index contributed by atoms with van der Waals surface area (Å²) in [5, 5.41) is 11.5. The number of nitrogens with zero attached hydrogens (tertiary/aromatic N) is 4. The number of benzene rings is 2. The van der Waals surface area contributed by atoms with E-state index in [1.54, 1.807) is 18.3 Å². The second-order valence-electron chi connectivity index (χ2n) is 6.74. The molecule has 0 aliphatic heterocycles. The zero-order chi connectivity index (χ0) is 21.7. The summed E-state index contributed by atoms with van der Waals surface area (Å²) in [5.41, 5.74) is 1.99. The Bertz CT molecular complexity index is 1180. The number of carbonyl (C=O) groups excluding carboxylic acids is 1. The standard InChI is InChI=1S/C21H21N5O3S/c1-16-23-11-12-26(16)14-18-3-7-19(8-4-18)24-21(27)15-25(2)30(28,29)20-9-5-17(13-22)6-10-20/h3-12H,14-15H2,1-2H3,(H,24,27). The third kappa shape index (κ3) is 4.92. The van der Waals surface area contributed by atoms with Crippen molar-refractivity contribution in [2.45, 2.75) is 18.4 Å². The molecule has 0 saturated carbocycles. The number of carbonyl (C=O) groups is 1. The van der Waals surface area contributed by atoms with Crippen LogP contribution in [0.5, 0.6) is 0 Å². The molecular weight excluding hydrogens is 402 g/mol. The molecule has 0 aliphatic carbocycles. The minimum Gasteiger partial charge on any atom is -0.331 e. The molecule has 8 nitrogen and oxygen atoms in total. The Hall–Kier alpha value is -3.48. The maximum atomic E-state index is 12.6. The van der Waals surface area contributed by atoms with Crippen molar-refractivity contribution >= 4 is 21.6 Å². The largest absolute Gasteiger partial charge is 0.331 e. The van der Waals surface area contributed by atoms with Crippen LogP contribution in [-0.2, 0) is 21.4 Å². The monoisotopic (exact) mass is 423 g/mol. The number of likely N-dealkylation sites (N-methyl/N-ethyl adjacent to an activating group) is 1. The predicted octanol–water partition coefficient (Wildman–Crippen LogP) is 2.37. The fourth-order valence-corrected chi connectivity index (χ4v) is 3.96. The van der Waals surface area contributed by atoms with Crippen molar-refractivity contribution in [2.24, 2.45) is 0 Å². The molecule has 1 heterocycles. The lowest BCUT2D eigenvalue weighted by Gasteiger charge is -2.17. The van der Waals surface area contributed by atoms with Gasteiger partial charge < -0.3 is 9.88 Å². The lowest BCUT2D eigenvalue weighted by atomic mass is 10.2. The summed E-state index contributed by atoms with van der Waals surface area (Å²) >= 11 is 0. The number of anilines is 1. The molecule has 0 bridgehead atoms. The molecule has 0 radical (unpaired) electrons. The van der Waals surface area contributed by atoms with Gasteiger partial charge in [0.1, 0.15) is 5.82 Å². The van der Waals surface area contributed by atoms with Crippen LogP contribution < -0.4 is 5.32 Å². The van der Waals surface area contributed by atoms with Gasteiger partial charge in [0, 0.05) is 31.7 Å². The number of sulfonamides is 1. The zero-order valence-electron chi connectivity index (χ0n) is 16.6. The molecule has 0 spiro atoms. The van der Waals surface area contributed by atoms with Crippen LogP contribution in [0.1, 0.15) is 17.0 Å². The van der Waals surface area contributed by atoms with Gasteiger partial charge in [-0.3, -0.25) is 4.79 Å². The highest BCUT2D eigenvalue weighted by molar-refractivity contribution is 7.89. The Morgan fingerprint density at radius 1 is 1.17 bits per heavy atom. The maximum Gasteiger partial charge on any atom is 0.243 e. The summed E-state index contributed by atoms with van der Waals surface area (Å²) in [6.45, 7) is 2.26. The average Bonchev–Trinajstić information content (AvgIpc) is 3.13. The van der Waals surface area contributed by atoms with Crippen molar-refractivity contribution in [1.82, 2.24) is 13.9 Å². The Balaban J connectivity index is 1.60. The number of nitrogens with one attached hydrogen (secondary N) is 1. The van der Waals surface area contributed by atoms with E-state index < -0.39 is 15.9 Å². The first-order chi connectivity index (χ1) is 14.3. The van der Waals surface area contributed by atoms with Gasteiger partial charge in [0.2, 0.25) is 15.9 Å². The van der Waals surface area contributed by atoms with Crippen LogP contribution in [0.15, 0.2) is 65.8 Å². The lowest BCUT2D eigenvalue weighted by molar-refractivity contribution is -0.116. The first-order valence-corrected chi connectivity index (χ1v) is 10.6. The minimum atomic E-state index is -3.84. The predicted molar refractivity (Wildman–Crippen MR) is 112 cm³/mol. The Morgan fingerprint density at radius 3 is 2.40 bits per heavy atom. The van der Waals surface area contributed by atoms with Gasteiger partial charge in [-0.15, -0.1) is 0 Å². The minimum absolute atomic E-state index is 0.0240. The van der Waals surface area contributed by atoms with Crippen molar-refractivity contribution in [3.8, 4) is 6.07 Å². The quantitative estimate of drug-likeness (QED) is 0.628. The molecule has 1 aromatic heterocycles. The zero-order valence-corrected chi connectivity index (χ0v) is 17.4. The van der Waals surface area contributed by atoms with Gasteiger partial charge in [-0.25, -0.2) is 13.4 Å². The van der Waals surface area contributed by atoms with Gasteiger partial charge in [-0.05, 0) is 48.9 Å². The molecule has 0 aliphatic rings. The van der Waals surface area contributed by atoms with E-state index in [4.69, 9.17) is 5.26 Å². The molecular formula is C21H21N5O3S. The molecule has 3 rings (SSSR count). The second kappa shape index (κ2) is 8.90. The number of nitriles is 1. The number of aromatic nitrogens is 2. The van der Waals surface area contributed by atoms with Crippen LogP contribution in [0, 0.1) is 18.3 Å². The van der Waals surface area contributed by atoms with Crippen LogP contribution in [-0.4, -0.2) is 41.8 Å². The van der Waals surface area contributed by atoms with Crippen molar-refractivity contribution in [3.63, 3.8) is 0 Å². The summed E-state index contributed by atoms with van der Waals surface area (Å²) in [7, 11) is -2.50. The van der Waals surface area contributed by atoms with Gasteiger partial charge in [0.25, 0.3) is 0 Å². The number of aryl methyl sites for hydroxylation is 1. The van der Waals surface area contributed by atoms with Gasteiger partial charge in [-0.1, -0.05) is 12.1 Å². The molecule has 1 amide bonds.